The van der Waals surface area contributed by atoms with Crippen LogP contribution in [0.4, 0.5) is 4.79 Å². The zero-order chi connectivity index (χ0) is 15.8. The molecule has 2 rings (SSSR count). The first kappa shape index (κ1) is 15.3. The fraction of sp³-hybridized carbons (Fsp3) is 0.412. The molecule has 1 aliphatic heterocycles. The number of rotatable bonds is 2. The third kappa shape index (κ3) is 2.84. The SMILES string of the molecule is CC(=O)C1=C(C)NC(=O)N(C(C)(C)C)C1c1ccccc1. The summed E-state index contributed by atoms with van der Waals surface area (Å²) in [4.78, 5) is 26.4. The molecule has 0 saturated carbocycles. The molecule has 0 bridgehead atoms. The molecular formula is C17H22N2O2. The first-order chi connectivity index (χ1) is 9.73. The van der Waals surface area contributed by atoms with Crippen molar-refractivity contribution in [1.29, 1.82) is 0 Å². The number of allylic oxidation sites excluding steroid dienone is 1. The van der Waals surface area contributed by atoms with Crippen molar-refractivity contribution in [3.8, 4) is 0 Å². The van der Waals surface area contributed by atoms with Crippen LogP contribution in [0.1, 0.15) is 46.2 Å². The Balaban J connectivity index is 2.67. The molecule has 1 aliphatic rings. The van der Waals surface area contributed by atoms with Crippen LogP contribution in [0.5, 0.6) is 0 Å². The monoisotopic (exact) mass is 286 g/mol. The molecule has 112 valence electrons. The molecule has 1 unspecified atom stereocenters. The van der Waals surface area contributed by atoms with Crippen LogP contribution in [0.15, 0.2) is 41.6 Å². The number of Topliss-reactive ketones (excluding diaryl/α,β-unsaturated/α-hetero) is 1. The van der Waals surface area contributed by atoms with Gasteiger partial charge in [-0.2, -0.15) is 0 Å². The van der Waals surface area contributed by atoms with Crippen LogP contribution in [-0.2, 0) is 4.79 Å². The molecule has 0 fully saturated rings. The smallest absolute Gasteiger partial charge is 0.311 e. The number of nitrogens with one attached hydrogen (secondary N) is 1. The van der Waals surface area contributed by atoms with E-state index in [0.29, 0.717) is 11.3 Å². The zero-order valence-corrected chi connectivity index (χ0v) is 13.2. The summed E-state index contributed by atoms with van der Waals surface area (Å²) in [5.74, 6) is -0.0180. The number of carbonyl (C=O) groups excluding carboxylic acids is 2. The zero-order valence-electron chi connectivity index (χ0n) is 13.2. The van der Waals surface area contributed by atoms with Crippen molar-refractivity contribution in [2.24, 2.45) is 0 Å². The minimum atomic E-state index is -0.397. The van der Waals surface area contributed by atoms with Gasteiger partial charge in [-0.1, -0.05) is 30.3 Å². The number of benzene rings is 1. The predicted molar refractivity (Wildman–Crippen MR) is 82.7 cm³/mol. The second kappa shape index (κ2) is 5.35. The number of nitrogens with zero attached hydrogens (tertiary/aromatic N) is 1. The standard InChI is InChI=1S/C17H22N2O2/c1-11-14(12(2)20)15(13-9-7-6-8-10-13)19(16(21)18-11)17(3,4)5/h6-10,15H,1-5H3,(H,18,21). The molecule has 4 nitrogen and oxygen atoms in total. The lowest BCUT2D eigenvalue weighted by Crippen LogP contribution is -2.55. The summed E-state index contributed by atoms with van der Waals surface area (Å²) in [6.07, 6.45) is 0. The topological polar surface area (TPSA) is 49.4 Å². The van der Waals surface area contributed by atoms with Crippen LogP contribution in [0.2, 0.25) is 0 Å². The van der Waals surface area contributed by atoms with Crippen LogP contribution in [0.3, 0.4) is 0 Å². The molecule has 1 N–H and O–H groups in total. The number of amides is 2. The molecule has 0 saturated heterocycles. The molecule has 0 aromatic heterocycles. The summed E-state index contributed by atoms with van der Waals surface area (Å²) in [5.41, 5.74) is 1.84. The molecule has 21 heavy (non-hydrogen) atoms. The summed E-state index contributed by atoms with van der Waals surface area (Å²) < 4.78 is 0. The van der Waals surface area contributed by atoms with Crippen molar-refractivity contribution in [3.63, 3.8) is 0 Å². The van der Waals surface area contributed by atoms with Crippen molar-refractivity contribution >= 4 is 11.8 Å². The maximum atomic E-state index is 12.5. The molecule has 2 amide bonds. The Hall–Kier alpha value is -2.10. The number of ketones is 1. The summed E-state index contributed by atoms with van der Waals surface area (Å²) in [7, 11) is 0. The maximum Gasteiger partial charge on any atom is 0.322 e. The molecule has 0 spiro atoms. The third-order valence-electron chi connectivity index (χ3n) is 3.67. The lowest BCUT2D eigenvalue weighted by atomic mass is 9.88. The molecule has 0 aliphatic carbocycles. The van der Waals surface area contributed by atoms with Crippen molar-refractivity contribution in [2.45, 2.75) is 46.2 Å². The van der Waals surface area contributed by atoms with Crippen LogP contribution in [0.25, 0.3) is 0 Å². The molecule has 1 aromatic carbocycles. The third-order valence-corrected chi connectivity index (χ3v) is 3.67. The first-order valence-corrected chi connectivity index (χ1v) is 7.10. The average molecular weight is 286 g/mol. The highest BCUT2D eigenvalue weighted by atomic mass is 16.2. The van der Waals surface area contributed by atoms with Gasteiger partial charge in [0, 0.05) is 16.8 Å². The van der Waals surface area contributed by atoms with E-state index in [1.807, 2.05) is 51.1 Å². The van der Waals surface area contributed by atoms with E-state index in [0.717, 1.165) is 5.56 Å². The first-order valence-electron chi connectivity index (χ1n) is 7.10. The Morgan fingerprint density at radius 2 is 1.76 bits per heavy atom. The van der Waals surface area contributed by atoms with Gasteiger partial charge in [0.2, 0.25) is 0 Å². The quantitative estimate of drug-likeness (QED) is 0.905. The number of urea groups is 1. The van der Waals surface area contributed by atoms with Gasteiger partial charge in [-0.05, 0) is 40.2 Å². The Bertz CT molecular complexity index is 597. The van der Waals surface area contributed by atoms with Gasteiger partial charge in [0.15, 0.2) is 5.78 Å². The average Bonchev–Trinajstić information content (AvgIpc) is 2.36. The second-order valence-electron chi connectivity index (χ2n) is 6.38. The van der Waals surface area contributed by atoms with Crippen LogP contribution in [0, 0.1) is 0 Å². The molecular weight excluding hydrogens is 264 g/mol. The van der Waals surface area contributed by atoms with E-state index >= 15 is 0 Å². The second-order valence-corrected chi connectivity index (χ2v) is 6.38. The normalized spacial score (nSPS) is 19.6. The van der Waals surface area contributed by atoms with E-state index in [2.05, 4.69) is 5.32 Å². The Morgan fingerprint density at radius 3 is 2.24 bits per heavy atom. The lowest BCUT2D eigenvalue weighted by Gasteiger charge is -2.45. The maximum absolute atomic E-state index is 12.5. The van der Waals surface area contributed by atoms with Crippen LogP contribution >= 0.6 is 0 Å². The van der Waals surface area contributed by atoms with Crippen molar-refractivity contribution < 1.29 is 9.59 Å². The highest BCUT2D eigenvalue weighted by Crippen LogP contribution is 2.38. The van der Waals surface area contributed by atoms with Gasteiger partial charge in [-0.25, -0.2) is 4.79 Å². The summed E-state index contributed by atoms with van der Waals surface area (Å²) >= 11 is 0. The van der Waals surface area contributed by atoms with E-state index in [1.54, 1.807) is 18.7 Å². The van der Waals surface area contributed by atoms with Gasteiger partial charge in [0.1, 0.15) is 0 Å². The largest absolute Gasteiger partial charge is 0.322 e. The van der Waals surface area contributed by atoms with Gasteiger partial charge in [0.05, 0.1) is 6.04 Å². The molecule has 1 heterocycles. The van der Waals surface area contributed by atoms with Gasteiger partial charge in [0.25, 0.3) is 0 Å². The minimum absolute atomic E-state index is 0.0180. The van der Waals surface area contributed by atoms with Crippen molar-refractivity contribution in [3.05, 3.63) is 47.2 Å². The fourth-order valence-corrected chi connectivity index (χ4v) is 2.84. The van der Waals surface area contributed by atoms with E-state index in [-0.39, 0.29) is 17.9 Å². The Morgan fingerprint density at radius 1 is 1.19 bits per heavy atom. The van der Waals surface area contributed by atoms with Gasteiger partial charge >= 0.3 is 6.03 Å². The molecule has 1 aromatic rings. The minimum Gasteiger partial charge on any atom is -0.311 e. The Labute approximate surface area is 125 Å². The summed E-state index contributed by atoms with van der Waals surface area (Å²) in [6, 6.07) is 9.18. The van der Waals surface area contributed by atoms with Gasteiger partial charge < -0.3 is 10.2 Å². The number of carbonyl (C=O) groups is 2. The summed E-state index contributed by atoms with van der Waals surface area (Å²) in [6.45, 7) is 9.25. The fourth-order valence-electron chi connectivity index (χ4n) is 2.84. The highest BCUT2D eigenvalue weighted by molar-refractivity contribution is 5.98. The molecule has 1 atom stereocenters. The molecule has 0 radical (unpaired) electrons. The van der Waals surface area contributed by atoms with Gasteiger partial charge in [-0.3, -0.25) is 4.79 Å². The number of hydrogen-bond acceptors (Lipinski definition) is 2. The summed E-state index contributed by atoms with van der Waals surface area (Å²) in [5, 5.41) is 2.81. The highest BCUT2D eigenvalue weighted by Gasteiger charge is 2.41. The van der Waals surface area contributed by atoms with E-state index < -0.39 is 5.54 Å². The lowest BCUT2D eigenvalue weighted by molar-refractivity contribution is -0.114. The number of hydrogen-bond donors (Lipinski definition) is 1. The van der Waals surface area contributed by atoms with Crippen molar-refractivity contribution in [2.75, 3.05) is 0 Å². The van der Waals surface area contributed by atoms with Crippen LogP contribution in [-0.4, -0.2) is 22.3 Å². The predicted octanol–water partition coefficient (Wildman–Crippen LogP) is 3.41. The molecule has 4 heteroatoms. The van der Waals surface area contributed by atoms with Crippen LogP contribution < -0.4 is 5.32 Å². The van der Waals surface area contributed by atoms with E-state index in [9.17, 15) is 9.59 Å². The van der Waals surface area contributed by atoms with Crippen molar-refractivity contribution in [1.82, 2.24) is 10.2 Å². The Kier molecular flexibility index (Phi) is 3.90. The van der Waals surface area contributed by atoms with E-state index in [4.69, 9.17) is 0 Å². The van der Waals surface area contributed by atoms with E-state index in [1.165, 1.54) is 0 Å². The van der Waals surface area contributed by atoms with Gasteiger partial charge in [-0.15, -0.1) is 0 Å².